The van der Waals surface area contributed by atoms with Crippen molar-refractivity contribution in [3.63, 3.8) is 0 Å². The third-order valence-corrected chi connectivity index (χ3v) is 2.88. The third-order valence-electron chi connectivity index (χ3n) is 2.88. The van der Waals surface area contributed by atoms with Gasteiger partial charge in [0.15, 0.2) is 0 Å². The molecular weight excluding hydrogens is 255 g/mol. The molecule has 102 valence electrons. The molecule has 0 heterocycles. The molecule has 0 unspecified atom stereocenters. The molecule has 3 nitrogen and oxygen atoms in total. The first-order valence-electron chi connectivity index (χ1n) is 6.13. The molecule has 1 amide bonds. The lowest BCUT2D eigenvalue weighted by atomic mass is 10.2. The number of carbonyl (C=O) groups is 1. The highest BCUT2D eigenvalue weighted by molar-refractivity contribution is 6.03. The van der Waals surface area contributed by atoms with Crippen LogP contribution in [0.5, 0.6) is 0 Å². The van der Waals surface area contributed by atoms with Crippen LogP contribution in [0.1, 0.15) is 5.56 Å². The predicted octanol–water partition coefficient (Wildman–Crippen LogP) is 3.08. The molecule has 0 aliphatic heterocycles. The van der Waals surface area contributed by atoms with E-state index in [-0.39, 0.29) is 11.7 Å². The summed E-state index contributed by atoms with van der Waals surface area (Å²) in [5.41, 5.74) is 7.64. The molecule has 0 spiro atoms. The van der Waals surface area contributed by atoms with Crippen molar-refractivity contribution >= 4 is 23.4 Å². The second-order valence-corrected chi connectivity index (χ2v) is 4.38. The molecule has 0 aliphatic carbocycles. The van der Waals surface area contributed by atoms with E-state index in [0.29, 0.717) is 11.4 Å². The Balaban J connectivity index is 2.09. The van der Waals surface area contributed by atoms with Gasteiger partial charge in [0.05, 0.1) is 0 Å². The zero-order valence-electron chi connectivity index (χ0n) is 11.1. The molecule has 0 atom stereocenters. The number of rotatable bonds is 3. The fourth-order valence-corrected chi connectivity index (χ4v) is 1.70. The Morgan fingerprint density at radius 1 is 1.20 bits per heavy atom. The predicted molar refractivity (Wildman–Crippen MR) is 79.7 cm³/mol. The van der Waals surface area contributed by atoms with Crippen LogP contribution >= 0.6 is 0 Å². The normalized spacial score (nSPS) is 10.7. The quantitative estimate of drug-likeness (QED) is 0.688. The Bertz CT molecular complexity index is 635. The van der Waals surface area contributed by atoms with Gasteiger partial charge in [-0.3, -0.25) is 4.79 Å². The molecule has 0 fully saturated rings. The summed E-state index contributed by atoms with van der Waals surface area (Å²) in [7, 11) is 1.60. The minimum Gasteiger partial charge on any atom is -0.399 e. The van der Waals surface area contributed by atoms with Crippen LogP contribution in [0, 0.1) is 5.82 Å². The van der Waals surface area contributed by atoms with E-state index in [1.54, 1.807) is 37.4 Å². The van der Waals surface area contributed by atoms with Gasteiger partial charge in [0.25, 0.3) is 5.91 Å². The van der Waals surface area contributed by atoms with Crippen molar-refractivity contribution in [3.8, 4) is 0 Å². The van der Waals surface area contributed by atoms with Crippen LogP contribution in [0.2, 0.25) is 0 Å². The maximum Gasteiger partial charge on any atom is 0.250 e. The largest absolute Gasteiger partial charge is 0.399 e. The van der Waals surface area contributed by atoms with Crippen LogP contribution in [0.15, 0.2) is 54.6 Å². The molecule has 4 heteroatoms. The van der Waals surface area contributed by atoms with Gasteiger partial charge in [0, 0.05) is 24.5 Å². The molecule has 0 saturated carbocycles. The molecule has 0 aliphatic rings. The SMILES string of the molecule is CN(C(=O)/C=C/c1ccc(N)cc1)c1cccc(F)c1. The van der Waals surface area contributed by atoms with Crippen molar-refractivity contribution in [1.29, 1.82) is 0 Å². The molecule has 0 saturated heterocycles. The van der Waals surface area contributed by atoms with E-state index in [9.17, 15) is 9.18 Å². The van der Waals surface area contributed by atoms with Gasteiger partial charge in [-0.15, -0.1) is 0 Å². The first-order valence-corrected chi connectivity index (χ1v) is 6.13. The monoisotopic (exact) mass is 270 g/mol. The third kappa shape index (κ3) is 3.45. The van der Waals surface area contributed by atoms with Gasteiger partial charge >= 0.3 is 0 Å². The molecular formula is C16H15FN2O. The van der Waals surface area contributed by atoms with Gasteiger partial charge in [-0.25, -0.2) is 4.39 Å². The van der Waals surface area contributed by atoms with E-state index in [1.165, 1.54) is 23.1 Å². The zero-order valence-corrected chi connectivity index (χ0v) is 11.1. The van der Waals surface area contributed by atoms with Gasteiger partial charge in [-0.2, -0.15) is 0 Å². The van der Waals surface area contributed by atoms with Gasteiger partial charge in [-0.1, -0.05) is 18.2 Å². The van der Waals surface area contributed by atoms with E-state index in [2.05, 4.69) is 0 Å². The summed E-state index contributed by atoms with van der Waals surface area (Å²) in [6.45, 7) is 0. The summed E-state index contributed by atoms with van der Waals surface area (Å²) in [6, 6.07) is 13.1. The van der Waals surface area contributed by atoms with Crippen LogP contribution in [0.4, 0.5) is 15.8 Å². The van der Waals surface area contributed by atoms with E-state index in [0.717, 1.165) is 5.56 Å². The highest BCUT2D eigenvalue weighted by atomic mass is 19.1. The number of nitrogens with two attached hydrogens (primary N) is 1. The van der Waals surface area contributed by atoms with Crippen LogP contribution in [-0.2, 0) is 4.79 Å². The molecule has 20 heavy (non-hydrogen) atoms. The number of carbonyl (C=O) groups excluding carboxylic acids is 1. The van der Waals surface area contributed by atoms with Crippen molar-refractivity contribution in [3.05, 3.63) is 66.0 Å². The summed E-state index contributed by atoms with van der Waals surface area (Å²) in [5, 5.41) is 0. The van der Waals surface area contributed by atoms with Crippen LogP contribution in [0.3, 0.4) is 0 Å². The van der Waals surface area contributed by atoms with Gasteiger partial charge in [0.2, 0.25) is 0 Å². The van der Waals surface area contributed by atoms with Gasteiger partial charge in [0.1, 0.15) is 5.82 Å². The number of likely N-dealkylation sites (N-methyl/N-ethyl adjacent to an activating group) is 1. The molecule has 0 radical (unpaired) electrons. The Hall–Kier alpha value is -2.62. The topological polar surface area (TPSA) is 46.3 Å². The highest BCUT2D eigenvalue weighted by Crippen LogP contribution is 2.15. The first kappa shape index (κ1) is 13.8. The van der Waals surface area contributed by atoms with Crippen molar-refractivity contribution in [1.82, 2.24) is 0 Å². The van der Waals surface area contributed by atoms with Crippen LogP contribution in [-0.4, -0.2) is 13.0 Å². The number of anilines is 2. The number of nitrogens with zero attached hydrogens (tertiary/aromatic N) is 1. The van der Waals surface area contributed by atoms with Crippen molar-refractivity contribution in [2.75, 3.05) is 17.7 Å². The standard InChI is InChI=1S/C16H15FN2O/c1-19(15-4-2-3-13(17)11-15)16(20)10-7-12-5-8-14(18)9-6-12/h2-11H,18H2,1H3/b10-7+. The van der Waals surface area contributed by atoms with Crippen LogP contribution in [0.25, 0.3) is 6.08 Å². The molecule has 2 rings (SSSR count). The minimum atomic E-state index is -0.371. The molecule has 0 bridgehead atoms. The van der Waals surface area contributed by atoms with Crippen molar-refractivity contribution < 1.29 is 9.18 Å². The number of benzene rings is 2. The minimum absolute atomic E-state index is 0.229. The number of nitrogen functional groups attached to an aromatic ring is 1. The lowest BCUT2D eigenvalue weighted by molar-refractivity contribution is -0.113. The first-order chi connectivity index (χ1) is 9.56. The summed E-state index contributed by atoms with van der Waals surface area (Å²) < 4.78 is 13.1. The van der Waals surface area contributed by atoms with E-state index >= 15 is 0 Å². The van der Waals surface area contributed by atoms with E-state index in [1.807, 2.05) is 12.1 Å². The van der Waals surface area contributed by atoms with Crippen molar-refractivity contribution in [2.24, 2.45) is 0 Å². The van der Waals surface area contributed by atoms with Crippen LogP contribution < -0.4 is 10.6 Å². The fraction of sp³-hybridized carbons (Fsp3) is 0.0625. The lowest BCUT2D eigenvalue weighted by Gasteiger charge is -2.15. The average molecular weight is 270 g/mol. The second-order valence-electron chi connectivity index (χ2n) is 4.38. The maximum absolute atomic E-state index is 13.1. The van der Waals surface area contributed by atoms with E-state index < -0.39 is 0 Å². The summed E-state index contributed by atoms with van der Waals surface area (Å²) >= 11 is 0. The van der Waals surface area contributed by atoms with Gasteiger partial charge in [-0.05, 0) is 42.0 Å². The highest BCUT2D eigenvalue weighted by Gasteiger charge is 2.07. The summed E-state index contributed by atoms with van der Waals surface area (Å²) in [6.07, 6.45) is 3.13. The Kier molecular flexibility index (Phi) is 4.15. The number of hydrogen-bond donors (Lipinski definition) is 1. The number of amides is 1. The van der Waals surface area contributed by atoms with E-state index in [4.69, 9.17) is 5.73 Å². The number of halogens is 1. The summed E-state index contributed by atoms with van der Waals surface area (Å²) in [4.78, 5) is 13.4. The molecule has 0 aromatic heterocycles. The smallest absolute Gasteiger partial charge is 0.250 e. The number of hydrogen-bond acceptors (Lipinski definition) is 2. The Morgan fingerprint density at radius 3 is 2.55 bits per heavy atom. The molecule has 2 aromatic rings. The Morgan fingerprint density at radius 2 is 1.90 bits per heavy atom. The van der Waals surface area contributed by atoms with Crippen molar-refractivity contribution in [2.45, 2.75) is 0 Å². The lowest BCUT2D eigenvalue weighted by Crippen LogP contribution is -2.23. The average Bonchev–Trinajstić information content (AvgIpc) is 2.45. The molecule has 2 N–H and O–H groups in total. The van der Waals surface area contributed by atoms with Gasteiger partial charge < -0.3 is 10.6 Å². The second kappa shape index (κ2) is 6.02. The summed E-state index contributed by atoms with van der Waals surface area (Å²) in [5.74, 6) is -0.600. The molecule has 2 aromatic carbocycles. The maximum atomic E-state index is 13.1. The Labute approximate surface area is 117 Å². The fourth-order valence-electron chi connectivity index (χ4n) is 1.70. The zero-order chi connectivity index (χ0) is 14.5.